The fourth-order valence-electron chi connectivity index (χ4n) is 4.03. The molecular formula is C26H23FNO6-. The van der Waals surface area contributed by atoms with Gasteiger partial charge in [0.15, 0.2) is 0 Å². The van der Waals surface area contributed by atoms with E-state index in [0.29, 0.717) is 28.5 Å². The highest BCUT2D eigenvalue weighted by Crippen LogP contribution is 2.34. The summed E-state index contributed by atoms with van der Waals surface area (Å²) in [5.74, 6) is -2.31. The lowest BCUT2D eigenvalue weighted by molar-refractivity contribution is -0.308. The van der Waals surface area contributed by atoms with Crippen LogP contribution in [0.25, 0.3) is 33.1 Å². The van der Waals surface area contributed by atoms with Crippen LogP contribution in [0.15, 0.2) is 56.3 Å². The standard InChI is InChI=1S/C26H24FNO6/c1-3-4-5-21(25(30)31)28-24(29)11-18-14(2)17-10-19-20(15-6-8-16(27)9-7-15)13-33-22(19)12-23(17)34-26(18)32/h6-10,12-13,21H,3-5,11H2,1-2H3,(H,28,29)(H,30,31)/p-1/t21-/m1/s1. The Bertz CT molecular complexity index is 1430. The minimum atomic E-state index is -1.36. The molecular weight excluding hydrogens is 441 g/mol. The number of aryl methyl sites for hydroxylation is 1. The first-order valence-electron chi connectivity index (χ1n) is 11.0. The number of carboxylic acids is 1. The summed E-state index contributed by atoms with van der Waals surface area (Å²) in [5, 5.41) is 15.1. The SMILES string of the molecule is CCCC[C@@H](NC(=O)Cc1c(C)c2cc3c(-c4ccc(F)cc4)coc3cc2oc1=O)C(=O)[O-]. The molecule has 0 aliphatic carbocycles. The van der Waals surface area contributed by atoms with Gasteiger partial charge in [-0.25, -0.2) is 9.18 Å². The summed E-state index contributed by atoms with van der Waals surface area (Å²) in [6.07, 6.45) is 2.87. The van der Waals surface area contributed by atoms with Crippen molar-refractivity contribution >= 4 is 33.8 Å². The molecule has 0 radical (unpaired) electrons. The number of hydrogen-bond donors (Lipinski definition) is 1. The van der Waals surface area contributed by atoms with Gasteiger partial charge < -0.3 is 24.1 Å². The normalized spacial score (nSPS) is 12.2. The summed E-state index contributed by atoms with van der Waals surface area (Å²) in [6, 6.07) is 8.29. The lowest BCUT2D eigenvalue weighted by atomic mass is 9.99. The Balaban J connectivity index is 1.71. The average molecular weight is 464 g/mol. The first-order valence-corrected chi connectivity index (χ1v) is 11.0. The molecule has 0 fully saturated rings. The van der Waals surface area contributed by atoms with Gasteiger partial charge in [0.1, 0.15) is 17.0 Å². The van der Waals surface area contributed by atoms with Gasteiger partial charge in [0.25, 0.3) is 0 Å². The second-order valence-corrected chi connectivity index (χ2v) is 8.25. The van der Waals surface area contributed by atoms with Crippen LogP contribution in [0, 0.1) is 12.7 Å². The molecule has 4 aromatic rings. The van der Waals surface area contributed by atoms with E-state index in [0.717, 1.165) is 22.9 Å². The predicted octanol–water partition coefficient (Wildman–Crippen LogP) is 3.62. The molecule has 34 heavy (non-hydrogen) atoms. The Labute approximate surface area is 194 Å². The van der Waals surface area contributed by atoms with Crippen LogP contribution in [0.1, 0.15) is 37.3 Å². The van der Waals surface area contributed by atoms with E-state index >= 15 is 0 Å². The summed E-state index contributed by atoms with van der Waals surface area (Å²) < 4.78 is 24.4. The van der Waals surface area contributed by atoms with Crippen molar-refractivity contribution < 1.29 is 27.9 Å². The third kappa shape index (κ3) is 4.57. The van der Waals surface area contributed by atoms with E-state index in [1.54, 1.807) is 37.5 Å². The summed E-state index contributed by atoms with van der Waals surface area (Å²) in [4.78, 5) is 36.5. The molecule has 8 heteroatoms. The van der Waals surface area contributed by atoms with Crippen LogP contribution in [-0.4, -0.2) is 17.9 Å². The summed E-state index contributed by atoms with van der Waals surface area (Å²) in [5.41, 5.74) is 2.31. The molecule has 0 bridgehead atoms. The van der Waals surface area contributed by atoms with Crippen molar-refractivity contribution in [3.8, 4) is 11.1 Å². The van der Waals surface area contributed by atoms with Gasteiger partial charge in [0, 0.05) is 22.4 Å². The molecule has 0 unspecified atom stereocenters. The maximum absolute atomic E-state index is 13.3. The number of benzene rings is 2. The summed E-state index contributed by atoms with van der Waals surface area (Å²) in [6.45, 7) is 3.62. The molecule has 1 atom stereocenters. The minimum absolute atomic E-state index is 0.142. The van der Waals surface area contributed by atoms with E-state index in [4.69, 9.17) is 8.83 Å². The van der Waals surface area contributed by atoms with Gasteiger partial charge in [-0.2, -0.15) is 0 Å². The van der Waals surface area contributed by atoms with Gasteiger partial charge in [0.2, 0.25) is 5.91 Å². The quantitative estimate of drug-likeness (QED) is 0.399. The molecule has 1 amide bonds. The van der Waals surface area contributed by atoms with E-state index < -0.39 is 23.5 Å². The van der Waals surface area contributed by atoms with Gasteiger partial charge in [-0.05, 0) is 42.7 Å². The average Bonchev–Trinajstić information content (AvgIpc) is 3.21. The Hall–Kier alpha value is -3.94. The van der Waals surface area contributed by atoms with Crippen LogP contribution < -0.4 is 16.0 Å². The van der Waals surface area contributed by atoms with Gasteiger partial charge in [-0.1, -0.05) is 31.9 Å². The first-order chi connectivity index (χ1) is 16.3. The first kappa shape index (κ1) is 23.2. The highest BCUT2D eigenvalue weighted by molar-refractivity contribution is 6.02. The lowest BCUT2D eigenvalue weighted by Gasteiger charge is -2.19. The molecule has 4 rings (SSSR count). The Morgan fingerprint density at radius 3 is 2.53 bits per heavy atom. The van der Waals surface area contributed by atoms with E-state index in [2.05, 4.69) is 5.32 Å². The molecule has 0 spiro atoms. The number of nitrogens with one attached hydrogen (secondary N) is 1. The molecule has 2 aromatic heterocycles. The number of rotatable bonds is 8. The fraction of sp³-hybridized carbons (Fsp3) is 0.269. The van der Waals surface area contributed by atoms with Crippen LogP contribution >= 0.6 is 0 Å². The van der Waals surface area contributed by atoms with Gasteiger partial charge >= 0.3 is 5.63 Å². The molecule has 0 saturated heterocycles. The third-order valence-electron chi connectivity index (χ3n) is 5.94. The van der Waals surface area contributed by atoms with E-state index in [-0.39, 0.29) is 24.2 Å². The number of aliphatic carboxylic acids is 1. The molecule has 7 nitrogen and oxygen atoms in total. The maximum Gasteiger partial charge on any atom is 0.340 e. The van der Waals surface area contributed by atoms with Crippen molar-refractivity contribution in [1.29, 1.82) is 0 Å². The molecule has 1 N–H and O–H groups in total. The maximum atomic E-state index is 13.3. The van der Waals surface area contributed by atoms with Gasteiger partial charge in [-0.15, -0.1) is 0 Å². The van der Waals surface area contributed by atoms with Crippen LogP contribution in [0.3, 0.4) is 0 Å². The number of halogens is 1. The zero-order valence-corrected chi connectivity index (χ0v) is 18.8. The number of hydrogen-bond acceptors (Lipinski definition) is 6. The van der Waals surface area contributed by atoms with E-state index in [1.165, 1.54) is 12.1 Å². The number of furan rings is 1. The molecule has 0 saturated carbocycles. The van der Waals surface area contributed by atoms with Gasteiger partial charge in [0.05, 0.1) is 30.3 Å². The second kappa shape index (κ2) is 9.51. The topological polar surface area (TPSA) is 113 Å². The smallest absolute Gasteiger partial charge is 0.340 e. The van der Waals surface area contributed by atoms with Crippen molar-refractivity contribution in [2.45, 2.75) is 45.6 Å². The number of amides is 1. The molecule has 176 valence electrons. The zero-order valence-electron chi connectivity index (χ0n) is 18.8. The highest BCUT2D eigenvalue weighted by atomic mass is 19.1. The fourth-order valence-corrected chi connectivity index (χ4v) is 4.03. The number of fused-ring (bicyclic) bond motifs is 2. The minimum Gasteiger partial charge on any atom is -0.548 e. The van der Waals surface area contributed by atoms with Crippen molar-refractivity contribution in [2.24, 2.45) is 0 Å². The van der Waals surface area contributed by atoms with Gasteiger partial charge in [-0.3, -0.25) is 4.79 Å². The third-order valence-corrected chi connectivity index (χ3v) is 5.94. The molecule has 0 aliphatic rings. The van der Waals surface area contributed by atoms with Crippen molar-refractivity contribution in [2.75, 3.05) is 0 Å². The van der Waals surface area contributed by atoms with Crippen LogP contribution in [-0.2, 0) is 16.0 Å². The lowest BCUT2D eigenvalue weighted by Crippen LogP contribution is -2.48. The second-order valence-electron chi connectivity index (χ2n) is 8.25. The summed E-state index contributed by atoms with van der Waals surface area (Å²) >= 11 is 0. The zero-order chi connectivity index (χ0) is 24.4. The number of carbonyl (C=O) groups is 2. The van der Waals surface area contributed by atoms with Crippen LogP contribution in [0.5, 0.6) is 0 Å². The highest BCUT2D eigenvalue weighted by Gasteiger charge is 2.20. The summed E-state index contributed by atoms with van der Waals surface area (Å²) in [7, 11) is 0. The number of carbonyl (C=O) groups excluding carboxylic acids is 2. The van der Waals surface area contributed by atoms with Crippen molar-refractivity contribution in [3.05, 3.63) is 70.0 Å². The monoisotopic (exact) mass is 464 g/mol. The van der Waals surface area contributed by atoms with E-state index in [9.17, 15) is 23.9 Å². The number of carboxylic acid groups (broad SMARTS) is 1. The predicted molar refractivity (Wildman–Crippen MR) is 123 cm³/mol. The molecule has 2 aromatic carbocycles. The van der Waals surface area contributed by atoms with Crippen molar-refractivity contribution in [1.82, 2.24) is 5.32 Å². The van der Waals surface area contributed by atoms with Crippen LogP contribution in [0.2, 0.25) is 0 Å². The molecule has 0 aliphatic heterocycles. The Morgan fingerprint density at radius 1 is 1.12 bits per heavy atom. The number of unbranched alkanes of at least 4 members (excludes halogenated alkanes) is 1. The Kier molecular flexibility index (Phi) is 6.49. The van der Waals surface area contributed by atoms with Crippen molar-refractivity contribution in [3.63, 3.8) is 0 Å². The largest absolute Gasteiger partial charge is 0.548 e. The molecule has 2 heterocycles. The Morgan fingerprint density at radius 2 is 1.85 bits per heavy atom. The van der Waals surface area contributed by atoms with Crippen LogP contribution in [0.4, 0.5) is 4.39 Å². The van der Waals surface area contributed by atoms with E-state index in [1.807, 2.05) is 6.92 Å².